The zero-order valence-corrected chi connectivity index (χ0v) is 12.0. The Balaban J connectivity index is 2.63. The van der Waals surface area contributed by atoms with Gasteiger partial charge in [-0.05, 0) is 24.8 Å². The quantitative estimate of drug-likeness (QED) is 0.847. The zero-order chi connectivity index (χ0) is 12.8. The molecule has 0 aliphatic rings. The molecule has 1 amide bonds. The molecule has 0 fully saturated rings. The first-order valence-corrected chi connectivity index (χ1v) is 7.15. The van der Waals surface area contributed by atoms with Crippen molar-refractivity contribution in [1.29, 1.82) is 0 Å². The molecular weight excluding hydrogens is 279 g/mol. The van der Waals surface area contributed by atoms with Gasteiger partial charge in [-0.3, -0.25) is 4.79 Å². The van der Waals surface area contributed by atoms with Crippen LogP contribution in [-0.4, -0.2) is 28.4 Å². The van der Waals surface area contributed by atoms with Crippen LogP contribution in [0, 0.1) is 0 Å². The van der Waals surface area contributed by atoms with Gasteiger partial charge < -0.3 is 5.32 Å². The van der Waals surface area contributed by atoms with E-state index in [1.807, 2.05) is 6.92 Å². The Labute approximate surface area is 115 Å². The molecule has 17 heavy (non-hydrogen) atoms. The van der Waals surface area contributed by atoms with Crippen molar-refractivity contribution in [3.05, 3.63) is 28.0 Å². The molecule has 0 saturated heterocycles. The molecule has 0 aromatic carbocycles. The molecule has 0 bridgehead atoms. The van der Waals surface area contributed by atoms with Gasteiger partial charge >= 0.3 is 0 Å². The average molecular weight is 293 g/mol. The molecule has 3 nitrogen and oxygen atoms in total. The number of nitrogens with zero attached hydrogens (tertiary/aromatic N) is 1. The lowest BCUT2D eigenvalue weighted by molar-refractivity contribution is 0.0943. The molecule has 94 valence electrons. The number of aromatic nitrogens is 1. The van der Waals surface area contributed by atoms with Gasteiger partial charge in [0.15, 0.2) is 0 Å². The van der Waals surface area contributed by atoms with E-state index in [9.17, 15) is 4.79 Å². The standard InChI is InChI=1S/C11H14Cl2N2OS/c1-3-17-6-7(2)14-11(16)8-4-9(12)15-10(13)5-8/h4-5,7H,3,6H2,1-2H3,(H,14,16). The van der Waals surface area contributed by atoms with E-state index in [1.54, 1.807) is 11.8 Å². The second kappa shape index (κ2) is 7.09. The lowest BCUT2D eigenvalue weighted by atomic mass is 10.2. The van der Waals surface area contributed by atoms with Crippen molar-refractivity contribution in [1.82, 2.24) is 10.3 Å². The van der Waals surface area contributed by atoms with E-state index < -0.39 is 0 Å². The van der Waals surface area contributed by atoms with Gasteiger partial charge in [-0.25, -0.2) is 4.98 Å². The number of hydrogen-bond donors (Lipinski definition) is 1. The summed E-state index contributed by atoms with van der Waals surface area (Å²) in [5.74, 6) is 1.74. The molecule has 1 aromatic heterocycles. The van der Waals surface area contributed by atoms with Gasteiger partial charge in [0.05, 0.1) is 0 Å². The van der Waals surface area contributed by atoms with Crippen LogP contribution in [0.15, 0.2) is 12.1 Å². The molecule has 1 rings (SSSR count). The molecular formula is C11H14Cl2N2OS. The van der Waals surface area contributed by atoms with Gasteiger partial charge in [0.25, 0.3) is 5.91 Å². The third-order valence-electron chi connectivity index (χ3n) is 1.97. The van der Waals surface area contributed by atoms with E-state index in [0.717, 1.165) is 11.5 Å². The predicted octanol–water partition coefficient (Wildman–Crippen LogP) is 3.26. The number of thioether (sulfide) groups is 1. The third-order valence-corrected chi connectivity index (χ3v) is 3.51. The Bertz CT molecular complexity index is 381. The summed E-state index contributed by atoms with van der Waals surface area (Å²) in [5, 5.41) is 3.32. The highest BCUT2D eigenvalue weighted by atomic mass is 35.5. The fraction of sp³-hybridized carbons (Fsp3) is 0.455. The molecule has 0 aliphatic carbocycles. The Kier molecular flexibility index (Phi) is 6.09. The number of pyridine rings is 1. The third kappa shape index (κ3) is 5.15. The predicted molar refractivity (Wildman–Crippen MR) is 74.2 cm³/mol. The van der Waals surface area contributed by atoms with Crippen LogP contribution >= 0.6 is 35.0 Å². The largest absolute Gasteiger partial charge is 0.349 e. The summed E-state index contributed by atoms with van der Waals surface area (Å²) in [4.78, 5) is 15.6. The minimum Gasteiger partial charge on any atom is -0.349 e. The maximum atomic E-state index is 11.9. The Morgan fingerprint density at radius 1 is 1.47 bits per heavy atom. The summed E-state index contributed by atoms with van der Waals surface area (Å²) in [5.41, 5.74) is 0.434. The van der Waals surface area contributed by atoms with E-state index in [-0.39, 0.29) is 22.3 Å². The van der Waals surface area contributed by atoms with Crippen LogP contribution in [0.5, 0.6) is 0 Å². The number of carbonyl (C=O) groups excluding carboxylic acids is 1. The summed E-state index contributed by atoms with van der Waals surface area (Å²) in [6, 6.07) is 3.11. The van der Waals surface area contributed by atoms with E-state index in [1.165, 1.54) is 12.1 Å². The number of carbonyl (C=O) groups is 1. The number of rotatable bonds is 5. The molecule has 1 atom stereocenters. The van der Waals surface area contributed by atoms with Crippen molar-refractivity contribution in [3.8, 4) is 0 Å². The first kappa shape index (κ1) is 14.6. The molecule has 6 heteroatoms. The minimum absolute atomic E-state index is 0.109. The Morgan fingerprint density at radius 2 is 2.06 bits per heavy atom. The van der Waals surface area contributed by atoms with Crippen LogP contribution in [0.3, 0.4) is 0 Å². The van der Waals surface area contributed by atoms with Gasteiger partial charge in [0, 0.05) is 17.4 Å². The fourth-order valence-electron chi connectivity index (χ4n) is 1.24. The molecule has 1 unspecified atom stereocenters. The fourth-order valence-corrected chi connectivity index (χ4v) is 2.37. The lowest BCUT2D eigenvalue weighted by Gasteiger charge is -2.13. The van der Waals surface area contributed by atoms with Crippen LogP contribution in [0.2, 0.25) is 10.3 Å². The van der Waals surface area contributed by atoms with Gasteiger partial charge in [-0.15, -0.1) is 0 Å². The van der Waals surface area contributed by atoms with Crippen molar-refractivity contribution in [2.45, 2.75) is 19.9 Å². The van der Waals surface area contributed by atoms with E-state index in [4.69, 9.17) is 23.2 Å². The molecule has 0 spiro atoms. The molecule has 1 N–H and O–H groups in total. The summed E-state index contributed by atoms with van der Waals surface area (Å²) in [7, 11) is 0. The Morgan fingerprint density at radius 3 is 2.59 bits per heavy atom. The second-order valence-corrected chi connectivity index (χ2v) is 5.63. The highest BCUT2D eigenvalue weighted by Gasteiger charge is 2.11. The van der Waals surface area contributed by atoms with Crippen molar-refractivity contribution >= 4 is 40.9 Å². The van der Waals surface area contributed by atoms with E-state index in [0.29, 0.717) is 5.56 Å². The normalized spacial score (nSPS) is 12.2. The van der Waals surface area contributed by atoms with E-state index >= 15 is 0 Å². The lowest BCUT2D eigenvalue weighted by Crippen LogP contribution is -2.34. The second-order valence-electron chi connectivity index (χ2n) is 3.54. The van der Waals surface area contributed by atoms with Gasteiger partial charge in [0.2, 0.25) is 0 Å². The van der Waals surface area contributed by atoms with Crippen LogP contribution in [0.4, 0.5) is 0 Å². The molecule has 0 radical (unpaired) electrons. The summed E-state index contributed by atoms with van der Waals surface area (Å²) in [6.07, 6.45) is 0. The molecule has 0 aliphatic heterocycles. The van der Waals surface area contributed by atoms with Gasteiger partial charge in [-0.1, -0.05) is 30.1 Å². The minimum atomic E-state index is -0.180. The van der Waals surface area contributed by atoms with Crippen LogP contribution < -0.4 is 5.32 Å². The van der Waals surface area contributed by atoms with Crippen LogP contribution in [-0.2, 0) is 0 Å². The van der Waals surface area contributed by atoms with Gasteiger partial charge in [0.1, 0.15) is 10.3 Å². The summed E-state index contributed by atoms with van der Waals surface area (Å²) >= 11 is 13.2. The van der Waals surface area contributed by atoms with Crippen molar-refractivity contribution in [2.75, 3.05) is 11.5 Å². The Hall–Kier alpha value is -0.450. The number of halogens is 2. The van der Waals surface area contributed by atoms with Crippen LogP contribution in [0.1, 0.15) is 24.2 Å². The average Bonchev–Trinajstić information content (AvgIpc) is 2.25. The van der Waals surface area contributed by atoms with Crippen molar-refractivity contribution in [3.63, 3.8) is 0 Å². The zero-order valence-electron chi connectivity index (χ0n) is 9.67. The monoisotopic (exact) mass is 292 g/mol. The van der Waals surface area contributed by atoms with E-state index in [2.05, 4.69) is 17.2 Å². The van der Waals surface area contributed by atoms with Crippen molar-refractivity contribution < 1.29 is 4.79 Å². The highest BCUT2D eigenvalue weighted by molar-refractivity contribution is 7.99. The maximum absolute atomic E-state index is 11.9. The molecule has 0 saturated carbocycles. The SMILES string of the molecule is CCSCC(C)NC(=O)c1cc(Cl)nc(Cl)c1. The smallest absolute Gasteiger partial charge is 0.251 e. The summed E-state index contributed by atoms with van der Waals surface area (Å²) < 4.78 is 0. The van der Waals surface area contributed by atoms with Crippen LogP contribution in [0.25, 0.3) is 0 Å². The maximum Gasteiger partial charge on any atom is 0.251 e. The number of amides is 1. The highest BCUT2D eigenvalue weighted by Crippen LogP contribution is 2.14. The molecule has 1 heterocycles. The van der Waals surface area contributed by atoms with Crippen molar-refractivity contribution in [2.24, 2.45) is 0 Å². The first-order chi connectivity index (χ1) is 8.02. The summed E-state index contributed by atoms with van der Waals surface area (Å²) in [6.45, 7) is 4.05. The van der Waals surface area contributed by atoms with Gasteiger partial charge in [-0.2, -0.15) is 11.8 Å². The number of nitrogens with one attached hydrogen (secondary N) is 1. The molecule has 1 aromatic rings. The topological polar surface area (TPSA) is 42.0 Å². The number of hydrogen-bond acceptors (Lipinski definition) is 3. The first-order valence-electron chi connectivity index (χ1n) is 5.24.